The highest BCUT2D eigenvalue weighted by Gasteiger charge is 2.18. The van der Waals surface area contributed by atoms with Crippen LogP contribution < -0.4 is 14.2 Å². The Morgan fingerprint density at radius 3 is 1.86 bits per heavy atom. The van der Waals surface area contributed by atoms with Gasteiger partial charge in [0.2, 0.25) is 5.75 Å². The fourth-order valence-electron chi connectivity index (χ4n) is 3.32. The number of benzene rings is 2. The normalized spacial score (nSPS) is 10.6. The van der Waals surface area contributed by atoms with E-state index in [0.717, 1.165) is 33.6 Å². The molecule has 0 bridgehead atoms. The molecule has 4 aromatic rings. The summed E-state index contributed by atoms with van der Waals surface area (Å²) in [4.78, 5) is 11.9. The zero-order valence-corrected chi connectivity index (χ0v) is 16.5. The molecule has 0 atom stereocenters. The number of hydrogen-bond donors (Lipinski definition) is 1. The molecule has 0 radical (unpaired) electrons. The van der Waals surface area contributed by atoms with Crippen molar-refractivity contribution in [1.82, 2.24) is 15.0 Å². The topological polar surface area (TPSA) is 69.3 Å². The van der Waals surface area contributed by atoms with Crippen molar-refractivity contribution in [3.63, 3.8) is 0 Å². The first-order valence-electron chi connectivity index (χ1n) is 9.09. The van der Waals surface area contributed by atoms with Crippen molar-refractivity contribution in [2.24, 2.45) is 0 Å². The number of nitrogens with zero attached hydrogens (tertiary/aromatic N) is 2. The Kier molecular flexibility index (Phi) is 5.16. The molecule has 4 rings (SSSR count). The molecule has 0 unspecified atom stereocenters. The van der Waals surface area contributed by atoms with E-state index in [1.54, 1.807) is 40.1 Å². The van der Waals surface area contributed by atoms with Gasteiger partial charge < -0.3 is 19.2 Å². The van der Waals surface area contributed by atoms with Crippen LogP contribution in [0.3, 0.4) is 0 Å². The van der Waals surface area contributed by atoms with Crippen molar-refractivity contribution in [2.75, 3.05) is 21.3 Å². The molecule has 146 valence electrons. The lowest BCUT2D eigenvalue weighted by Gasteiger charge is -2.14. The summed E-state index contributed by atoms with van der Waals surface area (Å²) >= 11 is 0. The van der Waals surface area contributed by atoms with Crippen LogP contribution in [0.1, 0.15) is 0 Å². The maximum atomic E-state index is 5.48. The van der Waals surface area contributed by atoms with Gasteiger partial charge in [0.05, 0.1) is 39.0 Å². The molecule has 0 saturated heterocycles. The van der Waals surface area contributed by atoms with Crippen LogP contribution in [-0.2, 0) is 0 Å². The summed E-state index contributed by atoms with van der Waals surface area (Å²) < 4.78 is 16.4. The van der Waals surface area contributed by atoms with E-state index in [1.807, 2.05) is 24.3 Å². The third-order valence-corrected chi connectivity index (χ3v) is 4.76. The molecule has 6 heteroatoms. The number of nitrogens with one attached hydrogen (secondary N) is 1. The first-order chi connectivity index (χ1) is 14.2. The van der Waals surface area contributed by atoms with Crippen LogP contribution in [0.5, 0.6) is 17.2 Å². The third-order valence-electron chi connectivity index (χ3n) is 4.76. The number of aromatic nitrogens is 3. The number of rotatable bonds is 6. The van der Waals surface area contributed by atoms with E-state index >= 15 is 0 Å². The van der Waals surface area contributed by atoms with Crippen LogP contribution in [0, 0.1) is 0 Å². The minimum atomic E-state index is 0.553. The molecule has 0 saturated carbocycles. The minimum Gasteiger partial charge on any atom is -0.493 e. The number of ether oxygens (including phenoxy) is 3. The number of aromatic amines is 1. The van der Waals surface area contributed by atoms with Crippen molar-refractivity contribution < 1.29 is 14.2 Å². The minimum absolute atomic E-state index is 0.553. The van der Waals surface area contributed by atoms with Gasteiger partial charge in [0.1, 0.15) is 0 Å². The van der Waals surface area contributed by atoms with Gasteiger partial charge in [-0.1, -0.05) is 24.3 Å². The molecule has 2 aromatic carbocycles. The van der Waals surface area contributed by atoms with Crippen molar-refractivity contribution in [2.45, 2.75) is 0 Å². The van der Waals surface area contributed by atoms with Crippen LogP contribution in [0.2, 0.25) is 0 Å². The van der Waals surface area contributed by atoms with E-state index in [2.05, 4.69) is 39.2 Å². The second-order valence-corrected chi connectivity index (χ2v) is 6.35. The van der Waals surface area contributed by atoms with Crippen molar-refractivity contribution >= 4 is 0 Å². The summed E-state index contributed by atoms with van der Waals surface area (Å²) in [7, 11) is 4.79. The second-order valence-electron chi connectivity index (χ2n) is 6.35. The average molecular weight is 387 g/mol. The maximum absolute atomic E-state index is 5.48. The van der Waals surface area contributed by atoms with E-state index in [1.165, 1.54) is 0 Å². The van der Waals surface area contributed by atoms with Crippen molar-refractivity contribution in [1.29, 1.82) is 0 Å². The number of methoxy groups -OCH3 is 3. The van der Waals surface area contributed by atoms with Crippen molar-refractivity contribution in [3.8, 4) is 50.9 Å². The lowest BCUT2D eigenvalue weighted by molar-refractivity contribution is 0.324. The van der Waals surface area contributed by atoms with Gasteiger partial charge in [0.25, 0.3) is 0 Å². The third kappa shape index (κ3) is 3.52. The lowest BCUT2D eigenvalue weighted by Crippen LogP contribution is -1.96. The molecule has 2 heterocycles. The molecular weight excluding hydrogens is 366 g/mol. The Bertz CT molecular complexity index is 1080. The van der Waals surface area contributed by atoms with E-state index in [-0.39, 0.29) is 0 Å². The summed E-state index contributed by atoms with van der Waals surface area (Å²) in [6.45, 7) is 0. The van der Waals surface area contributed by atoms with E-state index in [9.17, 15) is 0 Å². The van der Waals surface area contributed by atoms with E-state index in [4.69, 9.17) is 14.2 Å². The van der Waals surface area contributed by atoms with Crippen LogP contribution >= 0.6 is 0 Å². The molecule has 0 aliphatic heterocycles. The highest BCUT2D eigenvalue weighted by Crippen LogP contribution is 2.42. The summed E-state index contributed by atoms with van der Waals surface area (Å²) in [6.07, 6.45) is 5.27. The second kappa shape index (κ2) is 8.06. The fourth-order valence-corrected chi connectivity index (χ4v) is 3.32. The number of imidazole rings is 1. The molecule has 0 fully saturated rings. The predicted molar refractivity (Wildman–Crippen MR) is 112 cm³/mol. The van der Waals surface area contributed by atoms with Crippen LogP contribution in [0.15, 0.2) is 67.3 Å². The van der Waals surface area contributed by atoms with Gasteiger partial charge in [-0.05, 0) is 35.4 Å². The molecule has 6 nitrogen and oxygen atoms in total. The Labute approximate surface area is 169 Å². The predicted octanol–water partition coefficient (Wildman–Crippen LogP) is 4.83. The molecule has 0 spiro atoms. The van der Waals surface area contributed by atoms with Gasteiger partial charge in [0.15, 0.2) is 11.5 Å². The number of pyridine rings is 1. The summed E-state index contributed by atoms with van der Waals surface area (Å²) in [5.74, 6) is 1.73. The van der Waals surface area contributed by atoms with Gasteiger partial charge in [-0.3, -0.25) is 4.98 Å². The molecule has 2 aromatic heterocycles. The van der Waals surface area contributed by atoms with Gasteiger partial charge in [0, 0.05) is 23.5 Å². The van der Waals surface area contributed by atoms with Gasteiger partial charge in [-0.2, -0.15) is 0 Å². The SMILES string of the molecule is COc1cc(-c2nc[nH]c2-c2ccc(-c3ccncc3)cc2)cc(OC)c1OC. The van der Waals surface area contributed by atoms with E-state index < -0.39 is 0 Å². The molecule has 0 aliphatic carbocycles. The number of H-pyrrole nitrogens is 1. The largest absolute Gasteiger partial charge is 0.493 e. The Hall–Kier alpha value is -3.80. The van der Waals surface area contributed by atoms with Crippen LogP contribution in [0.25, 0.3) is 33.6 Å². The molecule has 1 N–H and O–H groups in total. The van der Waals surface area contributed by atoms with E-state index in [0.29, 0.717) is 17.2 Å². The first-order valence-corrected chi connectivity index (χ1v) is 9.09. The van der Waals surface area contributed by atoms with Gasteiger partial charge >= 0.3 is 0 Å². The van der Waals surface area contributed by atoms with Gasteiger partial charge in [-0.25, -0.2) is 4.98 Å². The standard InChI is InChI=1S/C23H21N3O3/c1-27-19-12-18(13-20(28-2)23(19)29-3)22-21(25-14-26-22)17-6-4-15(5-7-17)16-8-10-24-11-9-16/h4-14H,1-3H3,(H,25,26). The quantitative estimate of drug-likeness (QED) is 0.513. The zero-order chi connectivity index (χ0) is 20.2. The smallest absolute Gasteiger partial charge is 0.203 e. The van der Waals surface area contributed by atoms with Crippen molar-refractivity contribution in [3.05, 3.63) is 67.3 Å². The highest BCUT2D eigenvalue weighted by atomic mass is 16.5. The Balaban J connectivity index is 1.74. The van der Waals surface area contributed by atoms with Crippen LogP contribution in [0.4, 0.5) is 0 Å². The maximum Gasteiger partial charge on any atom is 0.203 e. The molecular formula is C23H21N3O3. The zero-order valence-electron chi connectivity index (χ0n) is 16.5. The Morgan fingerprint density at radius 2 is 1.28 bits per heavy atom. The Morgan fingerprint density at radius 1 is 0.690 bits per heavy atom. The fraction of sp³-hybridized carbons (Fsp3) is 0.130. The first kappa shape index (κ1) is 18.6. The summed E-state index contributed by atoms with van der Waals surface area (Å²) in [6, 6.07) is 16.1. The molecule has 0 amide bonds. The lowest BCUT2D eigenvalue weighted by atomic mass is 10.0. The van der Waals surface area contributed by atoms with Crippen LogP contribution in [-0.4, -0.2) is 36.3 Å². The summed E-state index contributed by atoms with van der Waals surface area (Å²) in [5, 5.41) is 0. The van der Waals surface area contributed by atoms with Gasteiger partial charge in [-0.15, -0.1) is 0 Å². The molecule has 29 heavy (non-hydrogen) atoms. The molecule has 0 aliphatic rings. The highest BCUT2D eigenvalue weighted by molar-refractivity contribution is 5.81. The number of hydrogen-bond acceptors (Lipinski definition) is 5. The monoisotopic (exact) mass is 387 g/mol. The average Bonchev–Trinajstić information content (AvgIpc) is 3.28. The summed E-state index contributed by atoms with van der Waals surface area (Å²) in [5.41, 5.74) is 5.88.